The molecule has 50 valence electrons. The lowest BCUT2D eigenvalue weighted by atomic mass is 11.9. The van der Waals surface area contributed by atoms with Gasteiger partial charge in [0.1, 0.15) is 9.76 Å². The van der Waals surface area contributed by atoms with E-state index in [1.54, 1.807) is 3.38 Å². The Morgan fingerprint density at radius 2 is 2.12 bits per heavy atom. The van der Waals surface area contributed by atoms with Gasteiger partial charge in [-0.2, -0.15) is 3.38 Å². The van der Waals surface area contributed by atoms with Crippen molar-refractivity contribution in [2.75, 3.05) is 0 Å². The van der Waals surface area contributed by atoms with Gasteiger partial charge in [0.25, 0.3) is 9.20 Å². The lowest BCUT2D eigenvalue weighted by molar-refractivity contribution is 0.597. The average molecular weight is 185 g/mol. The van der Waals surface area contributed by atoms with Crippen molar-refractivity contribution in [3.63, 3.8) is 0 Å². The largest absolute Gasteiger partial charge is 0.451 e. The predicted molar refractivity (Wildman–Crippen MR) is 48.3 cm³/mol. The molecule has 0 radical (unpaired) electrons. The minimum Gasteiger partial charge on any atom is -0.451 e. The first-order valence-corrected chi connectivity index (χ1v) is 7.40. The van der Waals surface area contributed by atoms with Crippen LogP contribution in [-0.4, -0.2) is 22.3 Å². The first-order valence-electron chi connectivity index (χ1n) is 2.47. The van der Waals surface area contributed by atoms with Crippen LogP contribution in [0.25, 0.3) is 0 Å². The van der Waals surface area contributed by atoms with Crippen molar-refractivity contribution in [1.29, 1.82) is 0 Å². The molecule has 0 rings (SSSR count). The molecule has 0 fully saturated rings. The Kier molecular flexibility index (Phi) is 5.53. The smallest absolute Gasteiger partial charge is 0.261 e. The van der Waals surface area contributed by atoms with Gasteiger partial charge in [0.2, 0.25) is 0 Å². The minimum atomic E-state index is -1.15. The third kappa shape index (κ3) is 3.99. The lowest BCUT2D eigenvalue weighted by Crippen LogP contribution is -2.25. The average Bonchev–Trinajstić information content (AvgIpc) is 1.67. The van der Waals surface area contributed by atoms with Crippen LogP contribution in [0, 0.1) is 0 Å². The van der Waals surface area contributed by atoms with Gasteiger partial charge < -0.3 is 4.12 Å². The molecule has 0 N–H and O–H groups in total. The van der Waals surface area contributed by atoms with E-state index in [1.165, 1.54) is 0 Å². The zero-order valence-corrected chi connectivity index (χ0v) is 9.39. The van der Waals surface area contributed by atoms with Crippen LogP contribution in [0.2, 0.25) is 13.1 Å². The first-order chi connectivity index (χ1) is 3.68. The van der Waals surface area contributed by atoms with Crippen LogP contribution in [0.3, 0.4) is 0 Å². The van der Waals surface area contributed by atoms with Gasteiger partial charge in [-0.3, -0.25) is 0 Å². The second-order valence-electron chi connectivity index (χ2n) is 1.38. The van der Waals surface area contributed by atoms with E-state index in [9.17, 15) is 0 Å². The van der Waals surface area contributed by atoms with Crippen LogP contribution in [0.15, 0.2) is 0 Å². The fourth-order valence-electron chi connectivity index (χ4n) is 0.308. The van der Waals surface area contributed by atoms with Gasteiger partial charge in [-0.15, -0.1) is 0 Å². The minimum absolute atomic E-state index is 0.254. The fourth-order valence-corrected chi connectivity index (χ4v) is 3.97. The molecule has 0 aliphatic heterocycles. The Hall–Kier alpha value is 1.05. The Balaban J connectivity index is 3.17. The van der Waals surface area contributed by atoms with E-state index in [0.29, 0.717) is 0 Å². The lowest BCUT2D eigenvalue weighted by Gasteiger charge is -2.14. The van der Waals surface area contributed by atoms with Gasteiger partial charge in [-0.1, -0.05) is 32.2 Å². The summed E-state index contributed by atoms with van der Waals surface area (Å²) in [6, 6.07) is 0. The number of thiol groups is 2. The highest BCUT2D eigenvalue weighted by Gasteiger charge is 2.06. The fraction of sp³-hybridized carbons (Fsp3) is 1.00. The van der Waals surface area contributed by atoms with Gasteiger partial charge in [-0.25, -0.2) is 0 Å². The molecule has 0 aromatic rings. The maximum Gasteiger partial charge on any atom is 0.261 e. The quantitative estimate of drug-likeness (QED) is 0.474. The van der Waals surface area contributed by atoms with Crippen LogP contribution in [0.1, 0.15) is 0 Å². The highest BCUT2D eigenvalue weighted by atomic mass is 32.2. The summed E-state index contributed by atoms with van der Waals surface area (Å²) < 4.78 is 6.95. The summed E-state index contributed by atoms with van der Waals surface area (Å²) in [4.78, 5) is 0. The molecule has 8 heavy (non-hydrogen) atoms. The van der Waals surface area contributed by atoms with Crippen molar-refractivity contribution >= 4 is 44.6 Å². The normalized spacial score (nSPS) is 16.1. The van der Waals surface area contributed by atoms with Crippen molar-refractivity contribution in [3.8, 4) is 0 Å². The topological polar surface area (TPSA) is 12.5 Å². The van der Waals surface area contributed by atoms with Crippen LogP contribution in [-0.2, 0) is 4.12 Å². The number of hydrogen-bond acceptors (Lipinski definition) is 4. The molecule has 0 aromatic carbocycles. The molecule has 0 saturated heterocycles. The number of hydrogen-bond donors (Lipinski definition) is 2. The van der Waals surface area contributed by atoms with Crippen molar-refractivity contribution in [2.45, 2.75) is 13.1 Å². The van der Waals surface area contributed by atoms with E-state index in [4.69, 9.17) is 4.12 Å². The zero-order valence-electron chi connectivity index (χ0n) is 5.03. The van der Waals surface area contributed by atoms with Gasteiger partial charge in [0, 0.05) is 0 Å². The van der Waals surface area contributed by atoms with Crippen molar-refractivity contribution in [1.82, 2.24) is 3.38 Å². The second kappa shape index (κ2) is 4.89. The molecule has 0 bridgehead atoms. The van der Waals surface area contributed by atoms with E-state index in [0.717, 1.165) is 0 Å². The highest BCUT2D eigenvalue weighted by molar-refractivity contribution is 7.95. The molecule has 0 spiro atoms. The van der Waals surface area contributed by atoms with E-state index >= 15 is 0 Å². The molecule has 0 saturated carbocycles. The molecule has 0 aliphatic carbocycles. The molecule has 2 nitrogen and oxygen atoms in total. The third-order valence-corrected chi connectivity index (χ3v) is 6.60. The van der Waals surface area contributed by atoms with Gasteiger partial charge >= 0.3 is 0 Å². The van der Waals surface area contributed by atoms with Crippen molar-refractivity contribution in [3.05, 3.63) is 0 Å². The molecule has 6 heteroatoms. The molecule has 0 heterocycles. The first kappa shape index (κ1) is 9.05. The highest BCUT2D eigenvalue weighted by Crippen LogP contribution is 2.01. The van der Waals surface area contributed by atoms with Crippen molar-refractivity contribution in [2.24, 2.45) is 0 Å². The van der Waals surface area contributed by atoms with E-state index < -0.39 is 9.20 Å². The summed E-state index contributed by atoms with van der Waals surface area (Å²) >= 11 is 7.97. The third-order valence-electron chi connectivity index (χ3n) is 0.733. The summed E-state index contributed by atoms with van der Waals surface area (Å²) in [5, 5.41) is 0. The maximum absolute atomic E-state index is 5.35. The Bertz CT molecular complexity index is 64.0. The van der Waals surface area contributed by atoms with Gasteiger partial charge in [0.05, 0.1) is 0 Å². The number of nitrogens with zero attached hydrogens (tertiary/aromatic N) is 1. The standard InChI is InChI=1S/C2H11NOS2Si2/c1-7-4-8(2)3(5)6/h5-6,8H,7H2,1-2H3. The molecular formula is C2H11NOS2Si2. The van der Waals surface area contributed by atoms with E-state index in [-0.39, 0.29) is 9.76 Å². The van der Waals surface area contributed by atoms with Crippen LogP contribution in [0.4, 0.5) is 0 Å². The predicted octanol–water partition coefficient (Wildman–Crippen LogP) is -0.0232. The summed E-state index contributed by atoms with van der Waals surface area (Å²) in [5.74, 6) is 0. The monoisotopic (exact) mass is 185 g/mol. The Morgan fingerprint density at radius 3 is 2.25 bits per heavy atom. The Labute approximate surface area is 65.4 Å². The summed E-state index contributed by atoms with van der Waals surface area (Å²) in [6.45, 7) is 4.16. The molecule has 0 aromatic heterocycles. The summed E-state index contributed by atoms with van der Waals surface area (Å²) in [6.07, 6.45) is 0. The SMILES string of the molecule is C[SiH2]O[SiH](C)N(S)S. The summed E-state index contributed by atoms with van der Waals surface area (Å²) in [7, 11) is -1.41. The van der Waals surface area contributed by atoms with Crippen LogP contribution < -0.4 is 0 Å². The molecular weight excluding hydrogens is 174 g/mol. The molecule has 1 atom stereocenters. The van der Waals surface area contributed by atoms with Crippen LogP contribution >= 0.6 is 25.6 Å². The van der Waals surface area contributed by atoms with Crippen LogP contribution in [0.5, 0.6) is 0 Å². The molecule has 0 aliphatic rings. The van der Waals surface area contributed by atoms with Crippen molar-refractivity contribution < 1.29 is 4.12 Å². The zero-order chi connectivity index (χ0) is 6.57. The second-order valence-corrected chi connectivity index (χ2v) is 7.05. The number of rotatable bonds is 3. The van der Waals surface area contributed by atoms with E-state index in [1.807, 2.05) is 0 Å². The maximum atomic E-state index is 5.35. The van der Waals surface area contributed by atoms with Gasteiger partial charge in [-0.05, 0) is 6.55 Å². The Morgan fingerprint density at radius 1 is 1.62 bits per heavy atom. The van der Waals surface area contributed by atoms with Gasteiger partial charge in [0.15, 0.2) is 0 Å². The molecule has 0 amide bonds. The van der Waals surface area contributed by atoms with E-state index in [2.05, 4.69) is 38.7 Å². The molecule has 1 unspecified atom stereocenters. The summed E-state index contributed by atoms with van der Waals surface area (Å²) in [5.41, 5.74) is 0.